The third-order valence-electron chi connectivity index (χ3n) is 2.67. The Morgan fingerprint density at radius 2 is 2.22 bits per heavy atom. The summed E-state index contributed by atoms with van der Waals surface area (Å²) in [5.41, 5.74) is 1.04. The second kappa shape index (κ2) is 7.71. The van der Waals surface area contributed by atoms with Crippen LogP contribution in [-0.4, -0.2) is 25.6 Å². The van der Waals surface area contributed by atoms with Crippen LogP contribution in [0.25, 0.3) is 0 Å². The summed E-state index contributed by atoms with van der Waals surface area (Å²) in [7, 11) is 1.63. The average molecular weight is 250 g/mol. The van der Waals surface area contributed by atoms with Crippen LogP contribution in [0.1, 0.15) is 25.8 Å². The first-order valence-electron chi connectivity index (χ1n) is 6.28. The van der Waals surface area contributed by atoms with Gasteiger partial charge in [0.05, 0.1) is 7.11 Å². The summed E-state index contributed by atoms with van der Waals surface area (Å²) in [6.45, 7) is 5.46. The summed E-state index contributed by atoms with van der Waals surface area (Å²) in [5.74, 6) is 0.869. The average Bonchev–Trinajstić information content (AvgIpc) is 2.37. The van der Waals surface area contributed by atoms with Gasteiger partial charge in [-0.15, -0.1) is 0 Å². The van der Waals surface area contributed by atoms with Crippen molar-refractivity contribution < 1.29 is 9.53 Å². The zero-order chi connectivity index (χ0) is 13.4. The van der Waals surface area contributed by atoms with Crippen LogP contribution in [0.3, 0.4) is 0 Å². The molecule has 4 heteroatoms. The van der Waals surface area contributed by atoms with E-state index in [4.69, 9.17) is 4.74 Å². The van der Waals surface area contributed by atoms with Gasteiger partial charge in [0.25, 0.3) is 0 Å². The Bertz CT molecular complexity index is 380. The number of amides is 1. The summed E-state index contributed by atoms with van der Waals surface area (Å²) >= 11 is 0. The van der Waals surface area contributed by atoms with Gasteiger partial charge in [0.2, 0.25) is 5.91 Å². The van der Waals surface area contributed by atoms with Crippen molar-refractivity contribution >= 4 is 5.91 Å². The quantitative estimate of drug-likeness (QED) is 0.774. The van der Waals surface area contributed by atoms with Crippen molar-refractivity contribution in [3.63, 3.8) is 0 Å². The number of methoxy groups -OCH3 is 1. The lowest BCUT2D eigenvalue weighted by Crippen LogP contribution is -2.33. The van der Waals surface area contributed by atoms with Crippen LogP contribution in [0.2, 0.25) is 0 Å². The van der Waals surface area contributed by atoms with E-state index in [1.807, 2.05) is 38.1 Å². The lowest BCUT2D eigenvalue weighted by Gasteiger charge is -2.12. The first kappa shape index (κ1) is 14.5. The fraction of sp³-hybridized carbons (Fsp3) is 0.500. The van der Waals surface area contributed by atoms with Crippen LogP contribution in [0.5, 0.6) is 5.75 Å². The van der Waals surface area contributed by atoms with Crippen molar-refractivity contribution in [2.45, 2.75) is 32.9 Å². The molecule has 0 saturated heterocycles. The molecule has 18 heavy (non-hydrogen) atoms. The van der Waals surface area contributed by atoms with E-state index in [1.54, 1.807) is 7.11 Å². The van der Waals surface area contributed by atoms with E-state index in [2.05, 4.69) is 10.6 Å². The molecule has 0 aliphatic rings. The predicted octanol–water partition coefficient (Wildman–Crippen LogP) is 1.70. The number of ether oxygens (including phenoxy) is 1. The maximum absolute atomic E-state index is 11.7. The highest BCUT2D eigenvalue weighted by molar-refractivity contribution is 5.76. The highest BCUT2D eigenvalue weighted by atomic mass is 16.5. The first-order chi connectivity index (χ1) is 8.65. The lowest BCUT2D eigenvalue weighted by molar-refractivity contribution is -0.121. The van der Waals surface area contributed by atoms with Crippen LogP contribution in [0.4, 0.5) is 0 Å². The Kier molecular flexibility index (Phi) is 6.22. The van der Waals surface area contributed by atoms with Crippen molar-refractivity contribution in [1.29, 1.82) is 0 Å². The van der Waals surface area contributed by atoms with Crippen molar-refractivity contribution in [3.8, 4) is 5.75 Å². The molecular weight excluding hydrogens is 228 g/mol. The molecule has 100 valence electrons. The third-order valence-corrected chi connectivity index (χ3v) is 2.67. The summed E-state index contributed by atoms with van der Waals surface area (Å²) in [5, 5.41) is 6.12. The Labute approximate surface area is 109 Å². The van der Waals surface area contributed by atoms with E-state index in [0.29, 0.717) is 13.0 Å². The van der Waals surface area contributed by atoms with Crippen molar-refractivity contribution in [2.75, 3.05) is 13.7 Å². The van der Waals surface area contributed by atoms with Gasteiger partial charge in [-0.3, -0.25) is 4.79 Å². The molecule has 1 aromatic carbocycles. The zero-order valence-electron chi connectivity index (χ0n) is 11.3. The van der Waals surface area contributed by atoms with E-state index in [1.165, 1.54) is 0 Å². The van der Waals surface area contributed by atoms with Crippen LogP contribution >= 0.6 is 0 Å². The smallest absolute Gasteiger partial charge is 0.221 e. The number of carbonyl (C=O) groups excluding carboxylic acids is 1. The Morgan fingerprint density at radius 3 is 2.89 bits per heavy atom. The summed E-state index contributed by atoms with van der Waals surface area (Å²) < 4.78 is 5.14. The van der Waals surface area contributed by atoms with Gasteiger partial charge in [0.15, 0.2) is 0 Å². The summed E-state index contributed by atoms with van der Waals surface area (Å²) in [6.07, 6.45) is 0.498. The largest absolute Gasteiger partial charge is 0.497 e. The molecule has 0 saturated carbocycles. The number of carbonyl (C=O) groups is 1. The molecule has 1 unspecified atom stereocenters. The minimum Gasteiger partial charge on any atom is -0.497 e. The standard InChI is InChI=1S/C14H22N2O2/c1-4-15-11(2)8-14(17)16-10-12-6-5-7-13(9-12)18-3/h5-7,9,11,15H,4,8,10H2,1-3H3,(H,16,17). The van der Waals surface area contributed by atoms with Gasteiger partial charge in [-0.1, -0.05) is 19.1 Å². The maximum Gasteiger partial charge on any atom is 0.221 e. The number of nitrogens with one attached hydrogen (secondary N) is 2. The summed E-state index contributed by atoms with van der Waals surface area (Å²) in [4.78, 5) is 11.7. The van der Waals surface area contributed by atoms with E-state index in [9.17, 15) is 4.79 Å². The molecule has 0 heterocycles. The molecule has 1 atom stereocenters. The number of hydrogen-bond acceptors (Lipinski definition) is 3. The third kappa shape index (κ3) is 5.19. The SMILES string of the molecule is CCNC(C)CC(=O)NCc1cccc(OC)c1. The molecular formula is C14H22N2O2. The molecule has 4 nitrogen and oxygen atoms in total. The molecule has 0 fully saturated rings. The molecule has 1 aromatic rings. The van der Waals surface area contributed by atoms with Gasteiger partial charge in [-0.25, -0.2) is 0 Å². The Hall–Kier alpha value is -1.55. The van der Waals surface area contributed by atoms with E-state index < -0.39 is 0 Å². The monoisotopic (exact) mass is 250 g/mol. The van der Waals surface area contributed by atoms with Crippen LogP contribution in [0, 0.1) is 0 Å². The highest BCUT2D eigenvalue weighted by Gasteiger charge is 2.07. The minimum atomic E-state index is 0.0614. The molecule has 0 bridgehead atoms. The molecule has 0 aliphatic carbocycles. The number of hydrogen-bond donors (Lipinski definition) is 2. The Morgan fingerprint density at radius 1 is 1.44 bits per heavy atom. The minimum absolute atomic E-state index is 0.0614. The number of rotatable bonds is 7. The van der Waals surface area contributed by atoms with E-state index >= 15 is 0 Å². The first-order valence-corrected chi connectivity index (χ1v) is 6.28. The molecule has 1 amide bonds. The highest BCUT2D eigenvalue weighted by Crippen LogP contribution is 2.12. The maximum atomic E-state index is 11.7. The molecule has 2 N–H and O–H groups in total. The second-order valence-electron chi connectivity index (χ2n) is 4.29. The number of benzene rings is 1. The topological polar surface area (TPSA) is 50.4 Å². The van der Waals surface area contributed by atoms with Crippen LogP contribution < -0.4 is 15.4 Å². The van der Waals surface area contributed by atoms with E-state index in [0.717, 1.165) is 17.9 Å². The molecule has 0 aliphatic heterocycles. The molecule has 1 rings (SSSR count). The van der Waals surface area contributed by atoms with Gasteiger partial charge >= 0.3 is 0 Å². The fourth-order valence-electron chi connectivity index (χ4n) is 1.75. The van der Waals surface area contributed by atoms with Gasteiger partial charge in [0.1, 0.15) is 5.75 Å². The molecule has 0 spiro atoms. The van der Waals surface area contributed by atoms with Crippen molar-refractivity contribution in [1.82, 2.24) is 10.6 Å². The van der Waals surface area contributed by atoms with Crippen molar-refractivity contribution in [3.05, 3.63) is 29.8 Å². The Balaban J connectivity index is 2.37. The normalized spacial score (nSPS) is 11.9. The van der Waals surface area contributed by atoms with Gasteiger partial charge < -0.3 is 15.4 Å². The molecule has 0 radical (unpaired) electrons. The second-order valence-corrected chi connectivity index (χ2v) is 4.29. The van der Waals surface area contributed by atoms with Gasteiger partial charge in [0, 0.05) is 19.0 Å². The lowest BCUT2D eigenvalue weighted by atomic mass is 10.2. The summed E-state index contributed by atoms with van der Waals surface area (Å²) in [6, 6.07) is 7.91. The van der Waals surface area contributed by atoms with E-state index in [-0.39, 0.29) is 11.9 Å². The van der Waals surface area contributed by atoms with Gasteiger partial charge in [-0.2, -0.15) is 0 Å². The fourth-order valence-corrected chi connectivity index (χ4v) is 1.75. The zero-order valence-corrected chi connectivity index (χ0v) is 11.3. The van der Waals surface area contributed by atoms with Crippen molar-refractivity contribution in [2.24, 2.45) is 0 Å². The van der Waals surface area contributed by atoms with Gasteiger partial charge in [-0.05, 0) is 31.2 Å². The molecule has 0 aromatic heterocycles. The van der Waals surface area contributed by atoms with Crippen LogP contribution in [0.15, 0.2) is 24.3 Å². The predicted molar refractivity (Wildman–Crippen MR) is 72.6 cm³/mol. The van der Waals surface area contributed by atoms with Crippen LogP contribution in [-0.2, 0) is 11.3 Å².